The molecular formula is C36H62N2O2+2. The second-order valence-corrected chi connectivity index (χ2v) is 11.6. The Morgan fingerprint density at radius 3 is 1.12 bits per heavy atom. The molecule has 2 aromatic heterocycles. The minimum atomic E-state index is 0.813. The highest BCUT2D eigenvalue weighted by Gasteiger charge is 2.09. The Balaban J connectivity index is 1.53. The van der Waals surface area contributed by atoms with Gasteiger partial charge in [0.1, 0.15) is 0 Å². The molecule has 2 aromatic rings. The van der Waals surface area contributed by atoms with Crippen LogP contribution in [-0.4, -0.2) is 13.2 Å². The Morgan fingerprint density at radius 2 is 0.775 bits per heavy atom. The molecule has 0 N–H and O–H groups in total. The molecule has 2 rings (SSSR count). The van der Waals surface area contributed by atoms with Crippen LogP contribution in [0.15, 0.2) is 49.1 Å². The van der Waals surface area contributed by atoms with E-state index in [1.165, 1.54) is 116 Å². The number of nitrogens with zero attached hydrogens (tertiary/aromatic N) is 2. The van der Waals surface area contributed by atoms with Crippen molar-refractivity contribution in [2.75, 3.05) is 13.2 Å². The molecule has 0 amide bonds. The lowest BCUT2D eigenvalue weighted by atomic mass is 10.1. The van der Waals surface area contributed by atoms with Crippen LogP contribution in [0.5, 0.6) is 11.5 Å². The van der Waals surface area contributed by atoms with Crippen molar-refractivity contribution in [3.63, 3.8) is 0 Å². The molecule has 0 aliphatic rings. The lowest BCUT2D eigenvalue weighted by molar-refractivity contribution is -0.778. The first kappa shape index (κ1) is 34.1. The average Bonchev–Trinajstić information content (AvgIpc) is 2.98. The molecule has 0 saturated heterocycles. The van der Waals surface area contributed by atoms with E-state index in [0.29, 0.717) is 0 Å². The standard InChI is InChI=1S/C36H62N2O2/c1-3-5-7-9-11-13-15-17-19-21-31-39-35-25-23-27-37(33-35)29-30-38-28-24-26-36(34-38)40-32-22-20-18-16-14-12-10-8-6-4-2/h23-28,33-34H,3-22,29-32H2,1-2H3/q+2. The predicted molar refractivity (Wildman–Crippen MR) is 168 cm³/mol. The van der Waals surface area contributed by atoms with E-state index >= 15 is 0 Å². The van der Waals surface area contributed by atoms with Crippen molar-refractivity contribution in [3.8, 4) is 11.5 Å². The van der Waals surface area contributed by atoms with Crippen molar-refractivity contribution in [1.29, 1.82) is 0 Å². The maximum Gasteiger partial charge on any atom is 0.211 e. The summed E-state index contributed by atoms with van der Waals surface area (Å²) in [5.41, 5.74) is 0. The first-order valence-electron chi connectivity index (χ1n) is 17.1. The number of pyridine rings is 2. The van der Waals surface area contributed by atoms with Gasteiger partial charge in [-0.25, -0.2) is 0 Å². The number of unbranched alkanes of at least 4 members (excludes halogenated alkanes) is 18. The molecule has 226 valence electrons. The zero-order chi connectivity index (χ0) is 28.4. The fraction of sp³-hybridized carbons (Fsp3) is 0.722. The maximum absolute atomic E-state index is 6.05. The third kappa shape index (κ3) is 18.3. The van der Waals surface area contributed by atoms with Crippen LogP contribution in [0.25, 0.3) is 0 Å². The molecule has 0 aromatic carbocycles. The summed E-state index contributed by atoms with van der Waals surface area (Å²) in [5, 5.41) is 0. The zero-order valence-corrected chi connectivity index (χ0v) is 26.3. The fourth-order valence-electron chi connectivity index (χ4n) is 5.23. The van der Waals surface area contributed by atoms with Crippen molar-refractivity contribution in [2.24, 2.45) is 0 Å². The largest absolute Gasteiger partial charge is 0.487 e. The van der Waals surface area contributed by atoms with E-state index in [1.54, 1.807) is 0 Å². The highest BCUT2D eigenvalue weighted by Crippen LogP contribution is 2.13. The molecule has 0 saturated carbocycles. The molecule has 0 radical (unpaired) electrons. The van der Waals surface area contributed by atoms with E-state index < -0.39 is 0 Å². The van der Waals surface area contributed by atoms with Crippen molar-refractivity contribution >= 4 is 0 Å². The quantitative estimate of drug-likeness (QED) is 0.0812. The van der Waals surface area contributed by atoms with Gasteiger partial charge in [0.05, 0.1) is 13.2 Å². The highest BCUT2D eigenvalue weighted by molar-refractivity contribution is 5.13. The SMILES string of the molecule is CCCCCCCCCCCCOc1ccc[n+](CC[n+]2cccc(OCCCCCCCCCCCC)c2)c1. The molecule has 0 aliphatic heterocycles. The minimum absolute atomic E-state index is 0.813. The van der Waals surface area contributed by atoms with E-state index in [1.807, 2.05) is 0 Å². The van der Waals surface area contributed by atoms with Crippen molar-refractivity contribution in [2.45, 2.75) is 155 Å². The molecular weight excluding hydrogens is 492 g/mol. The molecule has 40 heavy (non-hydrogen) atoms. The summed E-state index contributed by atoms with van der Waals surface area (Å²) >= 11 is 0. The van der Waals surface area contributed by atoms with Gasteiger partial charge >= 0.3 is 0 Å². The Bertz CT molecular complexity index is 772. The summed E-state index contributed by atoms with van der Waals surface area (Å²) in [7, 11) is 0. The van der Waals surface area contributed by atoms with Gasteiger partial charge in [-0.05, 0) is 25.0 Å². The molecule has 0 aliphatic carbocycles. The van der Waals surface area contributed by atoms with Gasteiger partial charge in [-0.3, -0.25) is 0 Å². The Labute approximate surface area is 247 Å². The normalized spacial score (nSPS) is 11.2. The molecule has 0 bridgehead atoms. The van der Waals surface area contributed by atoms with Crippen molar-refractivity contribution < 1.29 is 18.6 Å². The van der Waals surface area contributed by atoms with E-state index in [0.717, 1.165) is 50.6 Å². The van der Waals surface area contributed by atoms with Gasteiger partial charge in [-0.15, -0.1) is 0 Å². The van der Waals surface area contributed by atoms with Crippen LogP contribution in [0.2, 0.25) is 0 Å². The topological polar surface area (TPSA) is 26.2 Å². The summed E-state index contributed by atoms with van der Waals surface area (Å²) in [5.74, 6) is 1.94. The number of aryl methyl sites for hydroxylation is 2. The van der Waals surface area contributed by atoms with Crippen LogP contribution in [0, 0.1) is 0 Å². The minimum Gasteiger partial charge on any atom is -0.487 e. The first-order valence-corrected chi connectivity index (χ1v) is 17.1. The van der Waals surface area contributed by atoms with E-state index in [-0.39, 0.29) is 0 Å². The number of hydrogen-bond donors (Lipinski definition) is 0. The first-order chi connectivity index (χ1) is 19.8. The van der Waals surface area contributed by atoms with Crippen LogP contribution in [0.3, 0.4) is 0 Å². The van der Waals surface area contributed by atoms with Crippen LogP contribution in [-0.2, 0) is 13.1 Å². The van der Waals surface area contributed by atoms with E-state index in [4.69, 9.17) is 9.47 Å². The number of aromatic nitrogens is 2. The van der Waals surface area contributed by atoms with Crippen LogP contribution >= 0.6 is 0 Å². The van der Waals surface area contributed by atoms with Gasteiger partial charge < -0.3 is 9.47 Å². The summed E-state index contributed by atoms with van der Waals surface area (Å²) in [6, 6.07) is 8.32. The molecule has 4 nitrogen and oxygen atoms in total. The summed E-state index contributed by atoms with van der Waals surface area (Å²) in [6.45, 7) is 8.00. The lowest BCUT2D eigenvalue weighted by Gasteiger charge is -2.06. The van der Waals surface area contributed by atoms with Gasteiger partial charge in [0, 0.05) is 12.1 Å². The van der Waals surface area contributed by atoms with Crippen molar-refractivity contribution in [1.82, 2.24) is 0 Å². The van der Waals surface area contributed by atoms with Gasteiger partial charge in [-0.2, -0.15) is 9.13 Å². The fourth-order valence-corrected chi connectivity index (χ4v) is 5.23. The second-order valence-electron chi connectivity index (χ2n) is 11.6. The smallest absolute Gasteiger partial charge is 0.211 e. The highest BCUT2D eigenvalue weighted by atomic mass is 16.5. The molecule has 0 atom stereocenters. The van der Waals surface area contributed by atoms with Gasteiger partial charge in [0.25, 0.3) is 0 Å². The molecule has 0 spiro atoms. The Morgan fingerprint density at radius 1 is 0.450 bits per heavy atom. The predicted octanol–water partition coefficient (Wildman–Crippen LogP) is 9.56. The number of ether oxygens (including phenoxy) is 2. The maximum atomic E-state index is 6.05. The van der Waals surface area contributed by atoms with Gasteiger partial charge in [0.15, 0.2) is 23.9 Å². The van der Waals surface area contributed by atoms with Crippen LogP contribution in [0.4, 0.5) is 0 Å². The van der Waals surface area contributed by atoms with Crippen LogP contribution in [0.1, 0.15) is 142 Å². The Kier molecular flexibility index (Phi) is 21.0. The zero-order valence-electron chi connectivity index (χ0n) is 26.3. The number of hydrogen-bond acceptors (Lipinski definition) is 2. The lowest BCUT2D eigenvalue weighted by Crippen LogP contribution is -2.43. The third-order valence-electron chi connectivity index (χ3n) is 7.81. The summed E-state index contributed by atoms with van der Waals surface area (Å²) in [4.78, 5) is 0. The number of rotatable bonds is 27. The molecule has 0 fully saturated rings. The monoisotopic (exact) mass is 554 g/mol. The summed E-state index contributed by atoms with van der Waals surface area (Å²) < 4.78 is 16.5. The molecule has 0 unspecified atom stereocenters. The van der Waals surface area contributed by atoms with Crippen LogP contribution < -0.4 is 18.6 Å². The van der Waals surface area contributed by atoms with Gasteiger partial charge in [-0.1, -0.05) is 129 Å². The van der Waals surface area contributed by atoms with E-state index in [9.17, 15) is 0 Å². The van der Waals surface area contributed by atoms with Gasteiger partial charge in [0.2, 0.25) is 25.5 Å². The molecule has 4 heteroatoms. The third-order valence-corrected chi connectivity index (χ3v) is 7.81. The second kappa shape index (κ2) is 24.7. The van der Waals surface area contributed by atoms with E-state index in [2.05, 4.69) is 72.0 Å². The Hall–Kier alpha value is -2.10. The summed E-state index contributed by atoms with van der Waals surface area (Å²) in [6.07, 6.45) is 35.5. The molecule has 2 heterocycles. The van der Waals surface area contributed by atoms with Crippen molar-refractivity contribution in [3.05, 3.63) is 49.1 Å². The average molecular weight is 555 g/mol.